The molecular formula is C20H24N2O. The molecule has 0 bridgehead atoms. The first-order valence-corrected chi connectivity index (χ1v) is 8.30. The van der Waals surface area contributed by atoms with Gasteiger partial charge in [-0.3, -0.25) is 9.69 Å². The van der Waals surface area contributed by atoms with Gasteiger partial charge in [-0.1, -0.05) is 54.6 Å². The Hall–Kier alpha value is -2.13. The monoisotopic (exact) mass is 308 g/mol. The zero-order valence-corrected chi connectivity index (χ0v) is 13.7. The molecule has 0 saturated carbocycles. The van der Waals surface area contributed by atoms with Crippen molar-refractivity contribution in [3.05, 3.63) is 71.3 Å². The molecule has 1 aliphatic rings. The number of aryl methyl sites for hydroxylation is 1. The Labute approximate surface area is 138 Å². The minimum atomic E-state index is 0.140. The number of benzene rings is 2. The van der Waals surface area contributed by atoms with Crippen molar-refractivity contribution in [2.45, 2.75) is 31.8 Å². The van der Waals surface area contributed by atoms with Gasteiger partial charge in [0.25, 0.3) is 0 Å². The molecule has 1 heterocycles. The van der Waals surface area contributed by atoms with Gasteiger partial charge in [-0.15, -0.1) is 0 Å². The molecule has 2 aromatic carbocycles. The van der Waals surface area contributed by atoms with Crippen molar-refractivity contribution in [2.75, 3.05) is 13.6 Å². The molecule has 3 nitrogen and oxygen atoms in total. The Morgan fingerprint density at radius 3 is 2.57 bits per heavy atom. The van der Waals surface area contributed by atoms with E-state index in [1.807, 2.05) is 18.2 Å². The lowest BCUT2D eigenvalue weighted by Gasteiger charge is -2.34. The second-order valence-corrected chi connectivity index (χ2v) is 6.33. The molecule has 3 rings (SSSR count). The number of likely N-dealkylation sites (N-methyl/N-ethyl adjacent to an activating group) is 1. The van der Waals surface area contributed by atoms with Crippen LogP contribution in [-0.4, -0.2) is 30.4 Å². The summed E-state index contributed by atoms with van der Waals surface area (Å²) in [6.45, 7) is 1.68. The van der Waals surface area contributed by atoms with E-state index in [2.05, 4.69) is 53.7 Å². The Bertz CT molecular complexity index is 654. The van der Waals surface area contributed by atoms with Crippen molar-refractivity contribution in [1.82, 2.24) is 10.2 Å². The lowest BCUT2D eigenvalue weighted by Crippen LogP contribution is -2.45. The number of amides is 1. The first-order chi connectivity index (χ1) is 11.2. The molecular weight excluding hydrogens is 284 g/mol. The summed E-state index contributed by atoms with van der Waals surface area (Å²) in [7, 11) is 2.14. The van der Waals surface area contributed by atoms with Gasteiger partial charge in [-0.25, -0.2) is 0 Å². The highest BCUT2D eigenvalue weighted by atomic mass is 16.1. The molecule has 0 spiro atoms. The maximum atomic E-state index is 12.1. The van der Waals surface area contributed by atoms with E-state index in [1.165, 1.54) is 16.7 Å². The fraction of sp³-hybridized carbons (Fsp3) is 0.350. The summed E-state index contributed by atoms with van der Waals surface area (Å²) < 4.78 is 0. The van der Waals surface area contributed by atoms with E-state index in [1.54, 1.807) is 0 Å². The fourth-order valence-electron chi connectivity index (χ4n) is 3.17. The standard InChI is InChI=1S/C20H24N2O/c1-22-15-18-10-6-5-9-17(18)13-19(22)14-21-20(23)12-11-16-7-3-2-4-8-16/h2-10,19H,11-15H2,1H3,(H,21,23). The lowest BCUT2D eigenvalue weighted by atomic mass is 9.94. The molecule has 1 amide bonds. The summed E-state index contributed by atoms with van der Waals surface area (Å²) in [6, 6.07) is 19.1. The predicted octanol–water partition coefficient (Wildman–Crippen LogP) is 2.79. The first kappa shape index (κ1) is 15.8. The van der Waals surface area contributed by atoms with Gasteiger partial charge in [-0.05, 0) is 36.6 Å². The van der Waals surface area contributed by atoms with E-state index in [9.17, 15) is 4.79 Å². The number of nitrogens with zero attached hydrogens (tertiary/aromatic N) is 1. The number of nitrogens with one attached hydrogen (secondary N) is 1. The highest BCUT2D eigenvalue weighted by Gasteiger charge is 2.23. The van der Waals surface area contributed by atoms with Crippen molar-refractivity contribution in [3.8, 4) is 0 Å². The van der Waals surface area contributed by atoms with Crippen LogP contribution in [0.5, 0.6) is 0 Å². The van der Waals surface area contributed by atoms with Crippen LogP contribution in [0.3, 0.4) is 0 Å². The summed E-state index contributed by atoms with van der Waals surface area (Å²) in [4.78, 5) is 14.4. The quantitative estimate of drug-likeness (QED) is 0.921. The summed E-state index contributed by atoms with van der Waals surface area (Å²) in [5.41, 5.74) is 4.03. The Morgan fingerprint density at radius 2 is 1.78 bits per heavy atom. The minimum absolute atomic E-state index is 0.140. The predicted molar refractivity (Wildman–Crippen MR) is 93.2 cm³/mol. The van der Waals surface area contributed by atoms with Gasteiger partial charge in [0.15, 0.2) is 0 Å². The summed E-state index contributed by atoms with van der Waals surface area (Å²) >= 11 is 0. The van der Waals surface area contributed by atoms with Gasteiger partial charge in [0.2, 0.25) is 5.91 Å². The average molecular weight is 308 g/mol. The zero-order valence-electron chi connectivity index (χ0n) is 13.7. The van der Waals surface area contributed by atoms with Crippen molar-refractivity contribution in [3.63, 3.8) is 0 Å². The molecule has 1 unspecified atom stereocenters. The van der Waals surface area contributed by atoms with Gasteiger partial charge in [0, 0.05) is 25.6 Å². The number of hydrogen-bond acceptors (Lipinski definition) is 2. The highest BCUT2D eigenvalue weighted by molar-refractivity contribution is 5.76. The van der Waals surface area contributed by atoms with Crippen LogP contribution in [0.2, 0.25) is 0 Å². The van der Waals surface area contributed by atoms with Crippen molar-refractivity contribution < 1.29 is 4.79 Å². The van der Waals surface area contributed by atoms with Gasteiger partial charge in [-0.2, -0.15) is 0 Å². The molecule has 1 N–H and O–H groups in total. The van der Waals surface area contributed by atoms with Crippen LogP contribution in [-0.2, 0) is 24.2 Å². The molecule has 2 aromatic rings. The number of carbonyl (C=O) groups excluding carboxylic acids is 1. The Morgan fingerprint density at radius 1 is 1.09 bits per heavy atom. The molecule has 3 heteroatoms. The van der Waals surface area contributed by atoms with Crippen LogP contribution in [0, 0.1) is 0 Å². The summed E-state index contributed by atoms with van der Waals surface area (Å²) in [5.74, 6) is 0.140. The van der Waals surface area contributed by atoms with E-state index in [0.29, 0.717) is 12.5 Å². The third kappa shape index (κ3) is 4.20. The molecule has 0 aromatic heterocycles. The molecule has 0 aliphatic carbocycles. The average Bonchev–Trinajstić information content (AvgIpc) is 2.59. The second-order valence-electron chi connectivity index (χ2n) is 6.33. The number of carbonyl (C=O) groups is 1. The molecule has 0 radical (unpaired) electrons. The van der Waals surface area contributed by atoms with Crippen molar-refractivity contribution in [1.29, 1.82) is 0 Å². The van der Waals surface area contributed by atoms with Gasteiger partial charge in [0.05, 0.1) is 0 Å². The molecule has 0 fully saturated rings. The van der Waals surface area contributed by atoms with Crippen LogP contribution < -0.4 is 5.32 Å². The zero-order chi connectivity index (χ0) is 16.1. The summed E-state index contributed by atoms with van der Waals surface area (Å²) in [5, 5.41) is 3.10. The molecule has 1 aliphatic heterocycles. The minimum Gasteiger partial charge on any atom is -0.355 e. The maximum absolute atomic E-state index is 12.1. The third-order valence-corrected chi connectivity index (χ3v) is 4.64. The molecule has 0 saturated heterocycles. The topological polar surface area (TPSA) is 32.3 Å². The molecule has 23 heavy (non-hydrogen) atoms. The molecule has 120 valence electrons. The van der Waals surface area contributed by atoms with Crippen molar-refractivity contribution >= 4 is 5.91 Å². The van der Waals surface area contributed by atoms with E-state index in [-0.39, 0.29) is 5.91 Å². The second kappa shape index (κ2) is 7.42. The van der Waals surface area contributed by atoms with E-state index >= 15 is 0 Å². The van der Waals surface area contributed by atoms with Crippen LogP contribution in [0.15, 0.2) is 54.6 Å². The number of fused-ring (bicyclic) bond motifs is 1. The Kier molecular flexibility index (Phi) is 5.09. The van der Waals surface area contributed by atoms with Gasteiger partial charge < -0.3 is 5.32 Å². The largest absolute Gasteiger partial charge is 0.355 e. The summed E-state index contributed by atoms with van der Waals surface area (Å²) in [6.07, 6.45) is 2.36. The smallest absolute Gasteiger partial charge is 0.220 e. The van der Waals surface area contributed by atoms with E-state index in [0.717, 1.165) is 25.9 Å². The molecule has 1 atom stereocenters. The van der Waals surface area contributed by atoms with Crippen LogP contribution >= 0.6 is 0 Å². The highest BCUT2D eigenvalue weighted by Crippen LogP contribution is 2.21. The lowest BCUT2D eigenvalue weighted by molar-refractivity contribution is -0.121. The SMILES string of the molecule is CN1Cc2ccccc2CC1CNC(=O)CCc1ccccc1. The van der Waals surface area contributed by atoms with E-state index in [4.69, 9.17) is 0 Å². The normalized spacial score (nSPS) is 17.5. The fourth-order valence-corrected chi connectivity index (χ4v) is 3.17. The third-order valence-electron chi connectivity index (χ3n) is 4.64. The van der Waals surface area contributed by atoms with E-state index < -0.39 is 0 Å². The number of hydrogen-bond donors (Lipinski definition) is 1. The van der Waals surface area contributed by atoms with Crippen LogP contribution in [0.4, 0.5) is 0 Å². The maximum Gasteiger partial charge on any atom is 0.220 e. The van der Waals surface area contributed by atoms with Gasteiger partial charge >= 0.3 is 0 Å². The Balaban J connectivity index is 1.47. The van der Waals surface area contributed by atoms with Crippen LogP contribution in [0.25, 0.3) is 0 Å². The number of rotatable bonds is 5. The first-order valence-electron chi connectivity index (χ1n) is 8.30. The van der Waals surface area contributed by atoms with Crippen LogP contribution in [0.1, 0.15) is 23.1 Å². The van der Waals surface area contributed by atoms with Gasteiger partial charge in [0.1, 0.15) is 0 Å². The van der Waals surface area contributed by atoms with Crippen molar-refractivity contribution in [2.24, 2.45) is 0 Å².